The van der Waals surface area contributed by atoms with E-state index in [1.54, 1.807) is 11.9 Å². The van der Waals surface area contributed by atoms with E-state index in [0.717, 1.165) is 6.42 Å². The number of carbonyl (C=O) groups excluding carboxylic acids is 3. The fourth-order valence-corrected chi connectivity index (χ4v) is 5.83. The van der Waals surface area contributed by atoms with Crippen LogP contribution in [0.4, 0.5) is 0 Å². The Balaban J connectivity index is 2.13. The van der Waals surface area contributed by atoms with Crippen molar-refractivity contribution in [2.24, 2.45) is 17.8 Å². The van der Waals surface area contributed by atoms with Gasteiger partial charge in [-0.25, -0.2) is 0 Å². The molecule has 0 aromatic carbocycles. The first kappa shape index (κ1) is 23.0. The minimum atomic E-state index is -1.06. The van der Waals surface area contributed by atoms with Crippen LogP contribution in [0.25, 0.3) is 0 Å². The van der Waals surface area contributed by atoms with Gasteiger partial charge in [0.25, 0.3) is 0 Å². The molecular weight excluding hydrogens is 386 g/mol. The molecule has 0 radical (unpaired) electrons. The van der Waals surface area contributed by atoms with Crippen molar-refractivity contribution in [3.05, 3.63) is 0 Å². The molecule has 3 aliphatic heterocycles. The van der Waals surface area contributed by atoms with Crippen LogP contribution < -0.4 is 10.6 Å². The molecule has 1 spiro atoms. The molecule has 3 aliphatic rings. The summed E-state index contributed by atoms with van der Waals surface area (Å²) in [5.41, 5.74) is -2.33. The highest BCUT2D eigenvalue weighted by atomic mass is 16.5. The molecule has 3 saturated heterocycles. The van der Waals surface area contributed by atoms with Crippen molar-refractivity contribution in [2.45, 2.75) is 89.6 Å². The number of hydrogen-bond donors (Lipinski definition) is 3. The third-order valence-corrected chi connectivity index (χ3v) is 7.34. The van der Waals surface area contributed by atoms with Gasteiger partial charge in [0.15, 0.2) is 0 Å². The molecule has 3 fully saturated rings. The zero-order chi connectivity index (χ0) is 22.6. The number of nitrogens with one attached hydrogen (secondary N) is 2. The molecule has 2 bridgehead atoms. The van der Waals surface area contributed by atoms with E-state index in [4.69, 9.17) is 4.74 Å². The lowest BCUT2D eigenvalue weighted by molar-refractivity contribution is -0.151. The zero-order valence-corrected chi connectivity index (χ0v) is 19.2. The Morgan fingerprint density at radius 3 is 2.43 bits per heavy atom. The molecule has 8 heteroatoms. The van der Waals surface area contributed by atoms with Crippen molar-refractivity contribution in [1.29, 1.82) is 0 Å². The van der Waals surface area contributed by atoms with E-state index >= 15 is 0 Å². The largest absolute Gasteiger partial charge is 0.394 e. The number of nitrogens with zero attached hydrogens (tertiary/aromatic N) is 1. The lowest BCUT2D eigenvalue weighted by Crippen LogP contribution is -2.61. The average molecular weight is 424 g/mol. The molecule has 3 heterocycles. The van der Waals surface area contributed by atoms with Crippen LogP contribution in [0.15, 0.2) is 0 Å². The van der Waals surface area contributed by atoms with Crippen LogP contribution in [0.3, 0.4) is 0 Å². The lowest BCUT2D eigenvalue weighted by Gasteiger charge is -2.40. The third kappa shape index (κ3) is 3.23. The van der Waals surface area contributed by atoms with E-state index < -0.39 is 40.7 Å². The van der Waals surface area contributed by atoms with Crippen molar-refractivity contribution in [2.75, 3.05) is 13.7 Å². The summed E-state index contributed by atoms with van der Waals surface area (Å²) in [6.07, 6.45) is 1.89. The maximum atomic E-state index is 13.8. The summed E-state index contributed by atoms with van der Waals surface area (Å²) in [7, 11) is 1.56. The van der Waals surface area contributed by atoms with Gasteiger partial charge in [0, 0.05) is 12.6 Å². The summed E-state index contributed by atoms with van der Waals surface area (Å²) in [6.45, 7) is 11.3. The molecule has 2 unspecified atom stereocenters. The molecule has 0 aromatic heterocycles. The Morgan fingerprint density at radius 2 is 1.93 bits per heavy atom. The lowest BCUT2D eigenvalue weighted by atomic mass is 9.66. The van der Waals surface area contributed by atoms with Crippen molar-refractivity contribution in [1.82, 2.24) is 15.5 Å². The summed E-state index contributed by atoms with van der Waals surface area (Å²) in [5, 5.41) is 15.9. The second kappa shape index (κ2) is 7.48. The molecule has 8 nitrogen and oxygen atoms in total. The van der Waals surface area contributed by atoms with E-state index in [1.165, 1.54) is 0 Å². The number of amides is 3. The molecule has 3 rings (SSSR count). The first-order valence-electron chi connectivity index (χ1n) is 11.0. The van der Waals surface area contributed by atoms with Gasteiger partial charge in [-0.05, 0) is 46.5 Å². The number of fused-ring (bicyclic) bond motifs is 1. The van der Waals surface area contributed by atoms with Crippen LogP contribution >= 0.6 is 0 Å². The van der Waals surface area contributed by atoms with Crippen LogP contribution in [0.5, 0.6) is 0 Å². The average Bonchev–Trinajstić information content (AvgIpc) is 3.21. The minimum Gasteiger partial charge on any atom is -0.394 e. The predicted octanol–water partition coefficient (Wildman–Crippen LogP) is 0.819. The Bertz CT molecular complexity index is 735. The monoisotopic (exact) mass is 423 g/mol. The van der Waals surface area contributed by atoms with Crippen LogP contribution in [0.1, 0.15) is 60.8 Å². The Labute approximate surface area is 179 Å². The van der Waals surface area contributed by atoms with Crippen LogP contribution in [0.2, 0.25) is 0 Å². The molecule has 0 aromatic rings. The van der Waals surface area contributed by atoms with Gasteiger partial charge >= 0.3 is 0 Å². The minimum absolute atomic E-state index is 0.00893. The predicted molar refractivity (Wildman–Crippen MR) is 111 cm³/mol. The molecule has 170 valence electrons. The van der Waals surface area contributed by atoms with E-state index in [-0.39, 0.29) is 30.2 Å². The smallest absolute Gasteiger partial charge is 0.246 e. The second-order valence-electron chi connectivity index (χ2n) is 10.5. The van der Waals surface area contributed by atoms with Crippen molar-refractivity contribution in [3.8, 4) is 0 Å². The first-order valence-corrected chi connectivity index (χ1v) is 11.0. The normalized spacial score (nSPS) is 37.1. The van der Waals surface area contributed by atoms with Crippen LogP contribution in [-0.2, 0) is 19.1 Å². The highest BCUT2D eigenvalue weighted by Gasteiger charge is 2.78. The Morgan fingerprint density at radius 1 is 1.30 bits per heavy atom. The van der Waals surface area contributed by atoms with Crippen molar-refractivity contribution < 1.29 is 24.2 Å². The molecule has 3 N–H and O–H groups in total. The molecule has 30 heavy (non-hydrogen) atoms. The SMILES string of the molecule is CC[C@H](C)[C@H](CO)N1C(=O)[C@@H]2[C@@H](C(=O)NC)[C@@]3(C)CCC2(O3)C1C(=O)NC(C)(C)C. The fourth-order valence-electron chi connectivity index (χ4n) is 5.83. The van der Waals surface area contributed by atoms with E-state index in [0.29, 0.717) is 12.8 Å². The van der Waals surface area contributed by atoms with Gasteiger partial charge in [0.2, 0.25) is 17.7 Å². The van der Waals surface area contributed by atoms with Gasteiger partial charge in [-0.2, -0.15) is 0 Å². The number of hydrogen-bond acceptors (Lipinski definition) is 5. The van der Waals surface area contributed by atoms with Crippen LogP contribution in [-0.4, -0.2) is 70.2 Å². The van der Waals surface area contributed by atoms with Gasteiger partial charge < -0.3 is 25.4 Å². The van der Waals surface area contributed by atoms with Crippen LogP contribution in [0, 0.1) is 17.8 Å². The maximum absolute atomic E-state index is 13.8. The second-order valence-corrected chi connectivity index (χ2v) is 10.5. The van der Waals surface area contributed by atoms with Crippen molar-refractivity contribution >= 4 is 17.7 Å². The Hall–Kier alpha value is -1.67. The highest BCUT2D eigenvalue weighted by Crippen LogP contribution is 2.63. The quantitative estimate of drug-likeness (QED) is 0.586. The zero-order valence-electron chi connectivity index (χ0n) is 19.2. The maximum Gasteiger partial charge on any atom is 0.246 e. The number of carbonyl (C=O) groups is 3. The van der Waals surface area contributed by atoms with Gasteiger partial charge in [-0.1, -0.05) is 20.3 Å². The van der Waals surface area contributed by atoms with Gasteiger partial charge in [0.1, 0.15) is 11.6 Å². The highest BCUT2D eigenvalue weighted by molar-refractivity contribution is 5.99. The van der Waals surface area contributed by atoms with E-state index in [9.17, 15) is 19.5 Å². The molecule has 0 aliphatic carbocycles. The van der Waals surface area contributed by atoms with Gasteiger partial charge in [-0.3, -0.25) is 14.4 Å². The molecular formula is C22H37N3O5. The summed E-state index contributed by atoms with van der Waals surface area (Å²) >= 11 is 0. The third-order valence-electron chi connectivity index (χ3n) is 7.34. The number of aliphatic hydroxyl groups is 1. The van der Waals surface area contributed by atoms with E-state index in [1.807, 2.05) is 41.5 Å². The summed E-state index contributed by atoms with van der Waals surface area (Å²) in [5.74, 6) is -2.19. The first-order chi connectivity index (χ1) is 13.9. The Kier molecular flexibility index (Phi) is 5.74. The molecule has 7 atom stereocenters. The van der Waals surface area contributed by atoms with Gasteiger partial charge in [0.05, 0.1) is 30.1 Å². The standard InChI is InChI=1S/C22H37N3O5/c1-8-12(2)13(11-26)25-16(18(28)24-20(3,4)5)22-10-9-21(6,30-22)14(17(27)23-7)15(22)19(25)29/h12-16,26H,8-11H2,1-7H3,(H,23,27)(H,24,28)/t12-,13-,14-,15-,16?,21+,22?/m0/s1. The fraction of sp³-hybridized carbons (Fsp3) is 0.864. The molecule has 3 amide bonds. The summed E-state index contributed by atoms with van der Waals surface area (Å²) in [6, 6.07) is -1.39. The van der Waals surface area contributed by atoms with Gasteiger partial charge in [-0.15, -0.1) is 0 Å². The number of aliphatic hydroxyl groups excluding tert-OH is 1. The summed E-state index contributed by atoms with van der Waals surface area (Å²) in [4.78, 5) is 41.7. The number of likely N-dealkylation sites (tertiary alicyclic amines) is 1. The van der Waals surface area contributed by atoms with Crippen molar-refractivity contribution in [3.63, 3.8) is 0 Å². The van der Waals surface area contributed by atoms with E-state index in [2.05, 4.69) is 10.6 Å². The molecule has 0 saturated carbocycles. The number of ether oxygens (including phenoxy) is 1. The summed E-state index contributed by atoms with van der Waals surface area (Å²) < 4.78 is 6.50. The number of rotatable bonds is 6. The topological polar surface area (TPSA) is 108 Å².